The molecule has 8 heteroatoms. The van der Waals surface area contributed by atoms with Gasteiger partial charge in [0.25, 0.3) is 0 Å². The number of fused-ring (bicyclic) bond motifs is 1. The van der Waals surface area contributed by atoms with E-state index in [9.17, 15) is 4.79 Å². The molecule has 0 spiro atoms. The maximum Gasteiger partial charge on any atom is 0.323 e. The van der Waals surface area contributed by atoms with Crippen LogP contribution in [-0.4, -0.2) is 57.2 Å². The molecular formula is C20H24N6O2. The minimum Gasteiger partial charge on any atom is -0.379 e. The number of anilines is 1. The Kier molecular flexibility index (Phi) is 4.48. The standard InChI is InChI=1S/C20H24N6O2/c27-20(22-19-12-26(24-23-19)17-6-10-28-13-17)25-8-4-14(5-9-25)15-1-2-18-16(11-15)3-7-21-18/h1-3,7,11-12,14,17,21H,4-6,8-10,13H2,(H,22,27). The number of H-pyrrole nitrogens is 1. The Bertz CT molecular complexity index is 966. The molecule has 5 rings (SSSR count). The molecule has 1 aromatic carbocycles. The van der Waals surface area contributed by atoms with Crippen LogP contribution in [0.25, 0.3) is 10.9 Å². The monoisotopic (exact) mass is 380 g/mol. The van der Waals surface area contributed by atoms with Crippen LogP contribution in [0.15, 0.2) is 36.7 Å². The second kappa shape index (κ2) is 7.27. The lowest BCUT2D eigenvalue weighted by Crippen LogP contribution is -2.40. The van der Waals surface area contributed by atoms with Gasteiger partial charge in [0.1, 0.15) is 0 Å². The summed E-state index contributed by atoms with van der Waals surface area (Å²) in [6, 6.07) is 8.82. The van der Waals surface area contributed by atoms with Gasteiger partial charge in [0.2, 0.25) is 0 Å². The normalized spacial score (nSPS) is 20.7. The van der Waals surface area contributed by atoms with Crippen molar-refractivity contribution in [1.29, 1.82) is 0 Å². The number of piperidine rings is 1. The van der Waals surface area contributed by atoms with Gasteiger partial charge in [-0.25, -0.2) is 9.48 Å². The SMILES string of the molecule is O=C(Nc1cn(C2CCOC2)nn1)N1CCC(c2ccc3[nH]ccc3c2)CC1. The lowest BCUT2D eigenvalue weighted by molar-refractivity contribution is 0.184. The first-order chi connectivity index (χ1) is 13.8. The van der Waals surface area contributed by atoms with Crippen molar-refractivity contribution in [2.45, 2.75) is 31.2 Å². The molecule has 4 heterocycles. The van der Waals surface area contributed by atoms with Crippen LogP contribution < -0.4 is 5.32 Å². The number of nitrogens with zero attached hydrogens (tertiary/aromatic N) is 4. The van der Waals surface area contributed by atoms with E-state index in [2.05, 4.69) is 44.9 Å². The highest BCUT2D eigenvalue weighted by atomic mass is 16.5. The molecule has 2 aromatic heterocycles. The van der Waals surface area contributed by atoms with Gasteiger partial charge in [0.05, 0.1) is 18.8 Å². The van der Waals surface area contributed by atoms with E-state index in [4.69, 9.17) is 4.74 Å². The first-order valence-electron chi connectivity index (χ1n) is 9.89. The van der Waals surface area contributed by atoms with Crippen molar-refractivity contribution in [3.8, 4) is 0 Å². The summed E-state index contributed by atoms with van der Waals surface area (Å²) in [6.07, 6.45) is 6.62. The van der Waals surface area contributed by atoms with E-state index in [1.54, 1.807) is 10.9 Å². The summed E-state index contributed by atoms with van der Waals surface area (Å²) in [5.41, 5.74) is 2.52. The van der Waals surface area contributed by atoms with Gasteiger partial charge in [-0.15, -0.1) is 5.10 Å². The summed E-state index contributed by atoms with van der Waals surface area (Å²) in [6.45, 7) is 2.88. The molecule has 0 aliphatic carbocycles. The molecule has 146 valence electrons. The molecule has 0 bridgehead atoms. The van der Waals surface area contributed by atoms with Gasteiger partial charge in [-0.3, -0.25) is 5.32 Å². The predicted molar refractivity (Wildman–Crippen MR) is 105 cm³/mol. The van der Waals surface area contributed by atoms with Crippen LogP contribution in [0.1, 0.15) is 36.8 Å². The lowest BCUT2D eigenvalue weighted by Gasteiger charge is -2.32. The number of urea groups is 1. The minimum absolute atomic E-state index is 0.103. The van der Waals surface area contributed by atoms with Crippen LogP contribution in [0, 0.1) is 0 Å². The van der Waals surface area contributed by atoms with E-state index in [-0.39, 0.29) is 12.1 Å². The second-order valence-electron chi connectivity index (χ2n) is 7.62. The maximum atomic E-state index is 12.6. The highest BCUT2D eigenvalue weighted by Gasteiger charge is 2.25. The third-order valence-corrected chi connectivity index (χ3v) is 5.86. The molecule has 2 saturated heterocycles. The first-order valence-corrected chi connectivity index (χ1v) is 9.89. The molecule has 0 saturated carbocycles. The Morgan fingerprint density at radius 3 is 2.93 bits per heavy atom. The van der Waals surface area contributed by atoms with Crippen molar-refractivity contribution in [3.63, 3.8) is 0 Å². The van der Waals surface area contributed by atoms with Crippen LogP contribution in [0.5, 0.6) is 0 Å². The average Bonchev–Trinajstić information content (AvgIpc) is 3.48. The van der Waals surface area contributed by atoms with Crippen molar-refractivity contribution in [2.24, 2.45) is 0 Å². The van der Waals surface area contributed by atoms with Crippen LogP contribution >= 0.6 is 0 Å². The van der Waals surface area contributed by atoms with Gasteiger partial charge in [-0.05, 0) is 54.3 Å². The Morgan fingerprint density at radius 2 is 2.11 bits per heavy atom. The topological polar surface area (TPSA) is 88.1 Å². The highest BCUT2D eigenvalue weighted by molar-refractivity contribution is 5.88. The number of likely N-dealkylation sites (tertiary alicyclic amines) is 1. The third-order valence-electron chi connectivity index (χ3n) is 5.86. The van der Waals surface area contributed by atoms with Gasteiger partial charge in [-0.2, -0.15) is 0 Å². The third kappa shape index (κ3) is 3.35. The van der Waals surface area contributed by atoms with E-state index < -0.39 is 0 Å². The number of carbonyl (C=O) groups excluding carboxylic acids is 1. The highest BCUT2D eigenvalue weighted by Crippen LogP contribution is 2.30. The minimum atomic E-state index is -0.103. The van der Waals surface area contributed by atoms with E-state index in [1.165, 1.54) is 10.9 Å². The number of benzene rings is 1. The number of nitrogens with one attached hydrogen (secondary N) is 2. The van der Waals surface area contributed by atoms with Crippen LogP contribution in [0.4, 0.5) is 10.6 Å². The largest absolute Gasteiger partial charge is 0.379 e. The average molecular weight is 380 g/mol. The number of hydrogen-bond acceptors (Lipinski definition) is 4. The molecule has 2 N–H and O–H groups in total. The van der Waals surface area contributed by atoms with Gasteiger partial charge in [-0.1, -0.05) is 11.3 Å². The van der Waals surface area contributed by atoms with Crippen molar-refractivity contribution in [1.82, 2.24) is 24.9 Å². The number of amides is 2. The number of aromatic amines is 1. The molecule has 0 radical (unpaired) electrons. The van der Waals surface area contributed by atoms with E-state index in [0.29, 0.717) is 18.3 Å². The molecule has 28 heavy (non-hydrogen) atoms. The van der Waals surface area contributed by atoms with Crippen molar-refractivity contribution >= 4 is 22.8 Å². The molecule has 2 amide bonds. The van der Waals surface area contributed by atoms with Gasteiger partial charge in [0.15, 0.2) is 5.82 Å². The summed E-state index contributed by atoms with van der Waals surface area (Å²) >= 11 is 0. The summed E-state index contributed by atoms with van der Waals surface area (Å²) in [7, 11) is 0. The zero-order valence-corrected chi connectivity index (χ0v) is 15.7. The summed E-state index contributed by atoms with van der Waals surface area (Å²) in [4.78, 5) is 17.7. The number of ether oxygens (including phenoxy) is 1. The van der Waals surface area contributed by atoms with Crippen molar-refractivity contribution < 1.29 is 9.53 Å². The Balaban J connectivity index is 1.17. The zero-order chi connectivity index (χ0) is 18.9. The summed E-state index contributed by atoms with van der Waals surface area (Å²) < 4.78 is 7.16. The number of aromatic nitrogens is 4. The fourth-order valence-electron chi connectivity index (χ4n) is 4.17. The predicted octanol–water partition coefficient (Wildman–Crippen LogP) is 3.13. The van der Waals surface area contributed by atoms with Crippen LogP contribution in [0.3, 0.4) is 0 Å². The van der Waals surface area contributed by atoms with Crippen LogP contribution in [0.2, 0.25) is 0 Å². The molecule has 1 atom stereocenters. The Morgan fingerprint density at radius 1 is 1.21 bits per heavy atom. The molecule has 2 fully saturated rings. The van der Waals surface area contributed by atoms with Gasteiger partial charge in [0, 0.05) is 31.4 Å². The van der Waals surface area contributed by atoms with E-state index >= 15 is 0 Å². The smallest absolute Gasteiger partial charge is 0.323 e. The molecular weight excluding hydrogens is 356 g/mol. The maximum absolute atomic E-state index is 12.6. The lowest BCUT2D eigenvalue weighted by atomic mass is 9.89. The molecule has 8 nitrogen and oxygen atoms in total. The summed E-state index contributed by atoms with van der Waals surface area (Å²) in [5, 5.41) is 12.3. The number of carbonyl (C=O) groups is 1. The fraction of sp³-hybridized carbons (Fsp3) is 0.450. The quantitative estimate of drug-likeness (QED) is 0.731. The molecule has 1 unspecified atom stereocenters. The molecule has 2 aliphatic rings. The zero-order valence-electron chi connectivity index (χ0n) is 15.7. The summed E-state index contributed by atoms with van der Waals surface area (Å²) in [5.74, 6) is 0.989. The fourth-order valence-corrected chi connectivity index (χ4v) is 4.17. The van der Waals surface area contributed by atoms with E-state index in [0.717, 1.165) is 44.5 Å². The first kappa shape index (κ1) is 17.2. The van der Waals surface area contributed by atoms with Crippen molar-refractivity contribution in [2.75, 3.05) is 31.6 Å². The second-order valence-corrected chi connectivity index (χ2v) is 7.62. The Hall–Kier alpha value is -2.87. The van der Waals surface area contributed by atoms with Gasteiger partial charge < -0.3 is 14.6 Å². The van der Waals surface area contributed by atoms with Crippen molar-refractivity contribution in [3.05, 3.63) is 42.2 Å². The van der Waals surface area contributed by atoms with Crippen LogP contribution in [-0.2, 0) is 4.74 Å². The molecule has 2 aliphatic heterocycles. The number of rotatable bonds is 3. The number of hydrogen-bond donors (Lipinski definition) is 2. The Labute approximate surface area is 162 Å². The molecule has 3 aromatic rings. The van der Waals surface area contributed by atoms with E-state index in [1.807, 2.05) is 11.1 Å². The van der Waals surface area contributed by atoms with Gasteiger partial charge >= 0.3 is 6.03 Å².